The van der Waals surface area contributed by atoms with Crippen molar-refractivity contribution in [2.24, 2.45) is 0 Å². The van der Waals surface area contributed by atoms with E-state index in [-0.39, 0.29) is 22.8 Å². The SMILES string of the molecule is CN(C)C1=C(c2cccc(C(F)(F)F)c2)C(=O)C(I)O1. The summed E-state index contributed by atoms with van der Waals surface area (Å²) in [4.78, 5) is 13.7. The van der Waals surface area contributed by atoms with E-state index in [1.165, 1.54) is 12.1 Å². The van der Waals surface area contributed by atoms with Crippen LogP contribution >= 0.6 is 22.6 Å². The number of benzene rings is 1. The molecule has 0 saturated heterocycles. The van der Waals surface area contributed by atoms with Gasteiger partial charge in [-0.15, -0.1) is 0 Å². The van der Waals surface area contributed by atoms with Gasteiger partial charge in [0.1, 0.15) is 0 Å². The van der Waals surface area contributed by atoms with Crippen molar-refractivity contribution in [2.75, 3.05) is 14.1 Å². The van der Waals surface area contributed by atoms with Crippen LogP contribution < -0.4 is 0 Å². The third-order valence-electron chi connectivity index (χ3n) is 2.77. The first kappa shape index (κ1) is 15.1. The standard InChI is InChI=1S/C13H11F3INO2/c1-18(2)12-9(10(19)11(17)20-12)7-4-3-5-8(6-7)13(14,15)16/h3-6,11H,1-2H3. The minimum Gasteiger partial charge on any atom is -0.456 e. The third-order valence-corrected chi connectivity index (χ3v) is 3.59. The zero-order valence-corrected chi connectivity index (χ0v) is 12.8. The molecule has 0 bridgehead atoms. The van der Waals surface area contributed by atoms with Crippen molar-refractivity contribution in [3.8, 4) is 0 Å². The molecule has 0 N–H and O–H groups in total. The Morgan fingerprint density at radius 3 is 2.50 bits per heavy atom. The lowest BCUT2D eigenvalue weighted by Crippen LogP contribution is -2.13. The molecule has 1 atom stereocenters. The summed E-state index contributed by atoms with van der Waals surface area (Å²) < 4.78 is 42.9. The predicted octanol–water partition coefficient (Wildman–Crippen LogP) is 3.30. The molecule has 1 aromatic rings. The minimum absolute atomic E-state index is 0.181. The molecule has 1 aliphatic heterocycles. The van der Waals surface area contributed by atoms with Crippen LogP contribution in [0.1, 0.15) is 11.1 Å². The molecule has 1 heterocycles. The first-order valence-electron chi connectivity index (χ1n) is 5.66. The van der Waals surface area contributed by atoms with Gasteiger partial charge in [0.2, 0.25) is 15.8 Å². The summed E-state index contributed by atoms with van der Waals surface area (Å²) in [5.74, 6) is -0.0395. The summed E-state index contributed by atoms with van der Waals surface area (Å²) in [6, 6.07) is 4.70. The molecule has 7 heteroatoms. The maximum absolute atomic E-state index is 12.7. The van der Waals surface area contributed by atoms with Crippen molar-refractivity contribution in [2.45, 2.75) is 10.3 Å². The van der Waals surface area contributed by atoms with Gasteiger partial charge in [-0.1, -0.05) is 12.1 Å². The van der Waals surface area contributed by atoms with Crippen molar-refractivity contribution in [1.29, 1.82) is 0 Å². The van der Waals surface area contributed by atoms with Crippen LogP contribution in [0.15, 0.2) is 30.1 Å². The van der Waals surface area contributed by atoms with Crippen molar-refractivity contribution in [3.05, 3.63) is 41.3 Å². The van der Waals surface area contributed by atoms with Crippen LogP contribution in [0.25, 0.3) is 5.57 Å². The van der Waals surface area contributed by atoms with E-state index in [1.54, 1.807) is 19.0 Å². The first-order valence-corrected chi connectivity index (χ1v) is 6.90. The molecule has 0 fully saturated rings. The number of ether oxygens (including phenoxy) is 1. The Morgan fingerprint density at radius 1 is 1.30 bits per heavy atom. The van der Waals surface area contributed by atoms with Gasteiger partial charge in [0, 0.05) is 14.1 Å². The summed E-state index contributed by atoms with van der Waals surface area (Å²) in [6.45, 7) is 0. The molecule has 1 aliphatic rings. The van der Waals surface area contributed by atoms with E-state index < -0.39 is 15.9 Å². The molecule has 0 radical (unpaired) electrons. The van der Waals surface area contributed by atoms with E-state index in [0.29, 0.717) is 0 Å². The van der Waals surface area contributed by atoms with Gasteiger partial charge in [0.15, 0.2) is 0 Å². The summed E-state index contributed by atoms with van der Waals surface area (Å²) in [5, 5.41) is 0. The van der Waals surface area contributed by atoms with Gasteiger partial charge in [-0.25, -0.2) is 0 Å². The Bertz CT molecular complexity index is 581. The smallest absolute Gasteiger partial charge is 0.416 e. The van der Waals surface area contributed by atoms with Crippen LogP contribution in [-0.2, 0) is 15.7 Å². The number of nitrogens with zero attached hydrogens (tertiary/aromatic N) is 1. The van der Waals surface area contributed by atoms with Gasteiger partial charge in [-0.3, -0.25) is 4.79 Å². The Hall–Kier alpha value is -1.25. The second-order valence-corrected chi connectivity index (χ2v) is 5.58. The lowest BCUT2D eigenvalue weighted by molar-refractivity contribution is -0.137. The van der Waals surface area contributed by atoms with Gasteiger partial charge in [0.25, 0.3) is 0 Å². The van der Waals surface area contributed by atoms with Crippen molar-refractivity contribution in [1.82, 2.24) is 4.90 Å². The second-order valence-electron chi connectivity index (χ2n) is 4.45. The number of hydrogen-bond donors (Lipinski definition) is 0. The van der Waals surface area contributed by atoms with E-state index in [4.69, 9.17) is 4.74 Å². The number of halogens is 4. The zero-order valence-electron chi connectivity index (χ0n) is 10.7. The van der Waals surface area contributed by atoms with Crippen LogP contribution in [0, 0.1) is 0 Å². The highest BCUT2D eigenvalue weighted by molar-refractivity contribution is 14.1. The van der Waals surface area contributed by atoms with Gasteiger partial charge < -0.3 is 9.64 Å². The Kier molecular flexibility index (Phi) is 3.99. The average molecular weight is 397 g/mol. The molecule has 108 valence electrons. The number of carbonyl (C=O) groups excluding carboxylic acids is 1. The fourth-order valence-electron chi connectivity index (χ4n) is 1.88. The normalized spacial score (nSPS) is 19.3. The number of Topliss-reactive ketones (excluding diaryl/α,β-unsaturated/α-hetero) is 1. The Morgan fingerprint density at radius 2 is 1.95 bits per heavy atom. The molecule has 0 spiro atoms. The molecule has 2 rings (SSSR count). The summed E-state index contributed by atoms with van der Waals surface area (Å²) in [5.41, 5.74) is -0.390. The van der Waals surface area contributed by atoms with E-state index in [0.717, 1.165) is 12.1 Å². The largest absolute Gasteiger partial charge is 0.456 e. The molecule has 20 heavy (non-hydrogen) atoms. The Balaban J connectivity index is 2.54. The molecular weight excluding hydrogens is 386 g/mol. The molecule has 0 amide bonds. The quantitative estimate of drug-likeness (QED) is 0.567. The molecule has 0 aromatic heterocycles. The van der Waals surface area contributed by atoms with E-state index >= 15 is 0 Å². The molecule has 3 nitrogen and oxygen atoms in total. The maximum Gasteiger partial charge on any atom is 0.416 e. The van der Waals surface area contributed by atoms with E-state index in [9.17, 15) is 18.0 Å². The van der Waals surface area contributed by atoms with Crippen molar-refractivity contribution >= 4 is 33.9 Å². The Labute approximate surface area is 127 Å². The van der Waals surface area contributed by atoms with Gasteiger partial charge >= 0.3 is 6.18 Å². The highest BCUT2D eigenvalue weighted by Gasteiger charge is 2.37. The average Bonchev–Trinajstić information content (AvgIpc) is 2.65. The fourth-order valence-corrected chi connectivity index (χ4v) is 2.43. The number of rotatable bonds is 2. The molecule has 0 aliphatic carbocycles. The van der Waals surface area contributed by atoms with Gasteiger partial charge in [-0.2, -0.15) is 13.2 Å². The van der Waals surface area contributed by atoms with Gasteiger partial charge in [0.05, 0.1) is 11.1 Å². The third kappa shape index (κ3) is 2.77. The predicted molar refractivity (Wildman–Crippen MR) is 76.0 cm³/mol. The number of carbonyl (C=O) groups is 1. The van der Waals surface area contributed by atoms with Crippen LogP contribution in [-0.4, -0.2) is 28.9 Å². The highest BCUT2D eigenvalue weighted by Crippen LogP contribution is 2.36. The summed E-state index contributed by atoms with van der Waals surface area (Å²) >= 11 is 1.81. The van der Waals surface area contributed by atoms with Crippen LogP contribution in [0.3, 0.4) is 0 Å². The minimum atomic E-state index is -4.44. The van der Waals surface area contributed by atoms with Crippen molar-refractivity contribution < 1.29 is 22.7 Å². The molecular formula is C13H11F3INO2. The fraction of sp³-hybridized carbons (Fsp3) is 0.308. The summed E-state index contributed by atoms with van der Waals surface area (Å²) in [6.07, 6.45) is -4.44. The van der Waals surface area contributed by atoms with E-state index in [2.05, 4.69) is 0 Å². The van der Waals surface area contributed by atoms with Crippen LogP contribution in [0.4, 0.5) is 13.2 Å². The zero-order chi connectivity index (χ0) is 15.1. The molecule has 1 aromatic carbocycles. The molecule has 1 unspecified atom stereocenters. The highest BCUT2D eigenvalue weighted by atomic mass is 127. The van der Waals surface area contributed by atoms with E-state index in [1.807, 2.05) is 22.6 Å². The number of ketones is 1. The number of hydrogen-bond acceptors (Lipinski definition) is 3. The topological polar surface area (TPSA) is 29.5 Å². The first-order chi connectivity index (χ1) is 9.21. The maximum atomic E-state index is 12.7. The number of alkyl halides is 4. The lowest BCUT2D eigenvalue weighted by atomic mass is 10.0. The summed E-state index contributed by atoms with van der Waals surface area (Å²) in [7, 11) is 3.34. The van der Waals surface area contributed by atoms with Crippen molar-refractivity contribution in [3.63, 3.8) is 0 Å². The monoisotopic (exact) mass is 397 g/mol. The van der Waals surface area contributed by atoms with Crippen LogP contribution in [0.5, 0.6) is 0 Å². The lowest BCUT2D eigenvalue weighted by Gasteiger charge is -2.15. The van der Waals surface area contributed by atoms with Gasteiger partial charge in [-0.05, 0) is 40.3 Å². The molecule has 0 saturated carbocycles. The van der Waals surface area contributed by atoms with Crippen LogP contribution in [0.2, 0.25) is 0 Å². The second kappa shape index (κ2) is 5.27.